The van der Waals surface area contributed by atoms with E-state index in [1.54, 1.807) is 11.9 Å². The van der Waals surface area contributed by atoms with Gasteiger partial charge in [-0.3, -0.25) is 19.2 Å². The lowest BCUT2D eigenvalue weighted by Crippen LogP contribution is -2.48. The first-order valence-corrected chi connectivity index (χ1v) is 6.43. The average Bonchev–Trinajstić information content (AvgIpc) is 2.17. The first-order chi connectivity index (χ1) is 7.13. The number of nitrogens with one attached hydrogen (secondary N) is 1. The Morgan fingerprint density at radius 3 is 2.20 bits per heavy atom. The average molecular weight is 228 g/mol. The molecule has 5 heteroatoms. The Morgan fingerprint density at radius 2 is 1.73 bits per heavy atom. The molecule has 1 spiro atoms. The van der Waals surface area contributed by atoms with Gasteiger partial charge in [-0.05, 0) is 24.5 Å². The molecule has 0 aromatic carbocycles. The van der Waals surface area contributed by atoms with Crippen molar-refractivity contribution in [3.63, 3.8) is 0 Å². The summed E-state index contributed by atoms with van der Waals surface area (Å²) in [5.74, 6) is -0.187. The Labute approximate surface area is 93.9 Å². The van der Waals surface area contributed by atoms with Crippen LogP contribution in [-0.4, -0.2) is 35.5 Å². The predicted molar refractivity (Wildman–Crippen MR) is 59.1 cm³/mol. The minimum Gasteiger partial charge on any atom is -0.296 e. The van der Waals surface area contributed by atoms with Crippen molar-refractivity contribution in [2.45, 2.75) is 25.7 Å². The van der Waals surface area contributed by atoms with E-state index in [0.29, 0.717) is 12.8 Å². The van der Waals surface area contributed by atoms with Crippen LogP contribution >= 0.6 is 11.9 Å². The Balaban J connectivity index is 2.02. The summed E-state index contributed by atoms with van der Waals surface area (Å²) in [4.78, 5) is 22.7. The number of piperidine rings is 2. The lowest BCUT2D eigenvalue weighted by atomic mass is 9.71. The van der Waals surface area contributed by atoms with Crippen molar-refractivity contribution in [1.82, 2.24) is 9.62 Å². The highest BCUT2D eigenvalue weighted by atomic mass is 32.2. The molecule has 4 nitrogen and oxygen atoms in total. The van der Waals surface area contributed by atoms with E-state index in [1.807, 2.05) is 0 Å². The van der Waals surface area contributed by atoms with Gasteiger partial charge in [0.1, 0.15) is 0 Å². The maximum Gasteiger partial charge on any atom is 0.227 e. The Bertz CT molecular complexity index is 267. The lowest BCUT2D eigenvalue weighted by molar-refractivity contribution is -0.139. The summed E-state index contributed by atoms with van der Waals surface area (Å²) < 4.78 is 2.29. The summed E-state index contributed by atoms with van der Waals surface area (Å²) in [5.41, 5.74) is -0.0361. The molecular weight excluding hydrogens is 212 g/mol. The lowest BCUT2D eigenvalue weighted by Gasteiger charge is -2.42. The van der Waals surface area contributed by atoms with Crippen molar-refractivity contribution in [2.75, 3.05) is 19.3 Å². The van der Waals surface area contributed by atoms with Gasteiger partial charge in [-0.15, -0.1) is 0 Å². The predicted octanol–water partition coefficient (Wildman–Crippen LogP) is 0.783. The molecular formula is C10H16N2O2S. The number of carbonyl (C=O) groups excluding carboxylic acids is 2. The molecule has 0 aliphatic carbocycles. The summed E-state index contributed by atoms with van der Waals surface area (Å²) in [5, 5.41) is 2.38. The van der Waals surface area contributed by atoms with E-state index >= 15 is 0 Å². The molecule has 2 fully saturated rings. The zero-order chi connectivity index (χ0) is 10.9. The maximum absolute atomic E-state index is 11.3. The quantitative estimate of drug-likeness (QED) is 0.532. The molecule has 1 N–H and O–H groups in total. The second-order valence-electron chi connectivity index (χ2n) is 4.44. The van der Waals surface area contributed by atoms with E-state index in [-0.39, 0.29) is 17.2 Å². The van der Waals surface area contributed by atoms with E-state index in [2.05, 4.69) is 15.9 Å². The molecule has 2 aliphatic heterocycles. The van der Waals surface area contributed by atoms with Crippen LogP contribution in [0.25, 0.3) is 0 Å². The zero-order valence-corrected chi connectivity index (χ0v) is 9.73. The topological polar surface area (TPSA) is 49.4 Å². The van der Waals surface area contributed by atoms with Gasteiger partial charge in [-0.1, -0.05) is 11.9 Å². The molecule has 15 heavy (non-hydrogen) atoms. The van der Waals surface area contributed by atoms with Gasteiger partial charge >= 0.3 is 0 Å². The summed E-state index contributed by atoms with van der Waals surface area (Å²) in [6, 6.07) is 0. The van der Waals surface area contributed by atoms with Gasteiger partial charge in [0.2, 0.25) is 11.8 Å². The molecule has 0 atom stereocenters. The van der Waals surface area contributed by atoms with Gasteiger partial charge in [0, 0.05) is 25.9 Å². The van der Waals surface area contributed by atoms with Crippen LogP contribution in [0.2, 0.25) is 0 Å². The minimum absolute atomic E-state index is 0.0361. The zero-order valence-electron chi connectivity index (χ0n) is 8.91. The van der Waals surface area contributed by atoms with Crippen molar-refractivity contribution >= 4 is 23.8 Å². The van der Waals surface area contributed by atoms with Crippen molar-refractivity contribution in [3.8, 4) is 0 Å². The third-order valence-corrected chi connectivity index (χ3v) is 4.27. The number of imide groups is 1. The van der Waals surface area contributed by atoms with Crippen LogP contribution in [0.15, 0.2) is 0 Å². The van der Waals surface area contributed by atoms with Gasteiger partial charge in [0.15, 0.2) is 0 Å². The molecule has 0 bridgehead atoms. The molecule has 2 amide bonds. The fourth-order valence-corrected chi connectivity index (χ4v) is 3.03. The summed E-state index contributed by atoms with van der Waals surface area (Å²) in [6.45, 7) is 1.98. The second-order valence-corrected chi connectivity index (χ2v) is 5.32. The van der Waals surface area contributed by atoms with Gasteiger partial charge in [0.25, 0.3) is 0 Å². The molecule has 2 saturated heterocycles. The fourth-order valence-electron chi connectivity index (χ4n) is 2.48. The van der Waals surface area contributed by atoms with Crippen molar-refractivity contribution in [3.05, 3.63) is 0 Å². The van der Waals surface area contributed by atoms with Gasteiger partial charge in [-0.2, -0.15) is 0 Å². The van der Waals surface area contributed by atoms with Crippen LogP contribution in [0.4, 0.5) is 0 Å². The van der Waals surface area contributed by atoms with E-state index < -0.39 is 0 Å². The Morgan fingerprint density at radius 1 is 1.20 bits per heavy atom. The van der Waals surface area contributed by atoms with Crippen LogP contribution in [-0.2, 0) is 9.59 Å². The molecule has 0 unspecified atom stereocenters. The normalized spacial score (nSPS) is 26.7. The van der Waals surface area contributed by atoms with Crippen molar-refractivity contribution < 1.29 is 9.59 Å². The third-order valence-electron chi connectivity index (χ3n) is 3.39. The molecule has 84 valence electrons. The second kappa shape index (κ2) is 4.14. The fraction of sp³-hybridized carbons (Fsp3) is 0.800. The molecule has 2 heterocycles. The van der Waals surface area contributed by atoms with Gasteiger partial charge < -0.3 is 0 Å². The Hall–Kier alpha value is -0.550. The molecule has 2 aliphatic rings. The number of amides is 2. The SMILES string of the molecule is CSN1CCC2(CC1)CC(=O)NC(=O)C2. The third kappa shape index (κ3) is 2.34. The molecule has 0 saturated carbocycles. The summed E-state index contributed by atoms with van der Waals surface area (Å²) in [7, 11) is 0. The van der Waals surface area contributed by atoms with Gasteiger partial charge in [0.05, 0.1) is 0 Å². The highest BCUT2D eigenvalue weighted by Gasteiger charge is 2.41. The van der Waals surface area contributed by atoms with Crippen LogP contribution in [0.3, 0.4) is 0 Å². The number of carbonyl (C=O) groups is 2. The first-order valence-electron chi connectivity index (χ1n) is 5.25. The van der Waals surface area contributed by atoms with Crippen LogP contribution < -0.4 is 5.32 Å². The highest BCUT2D eigenvalue weighted by Crippen LogP contribution is 2.41. The number of hydrogen-bond donors (Lipinski definition) is 1. The molecule has 0 radical (unpaired) electrons. The monoisotopic (exact) mass is 228 g/mol. The van der Waals surface area contributed by atoms with Crippen LogP contribution in [0, 0.1) is 5.41 Å². The largest absolute Gasteiger partial charge is 0.296 e. The highest BCUT2D eigenvalue weighted by molar-refractivity contribution is 7.96. The Kier molecular flexibility index (Phi) is 3.02. The van der Waals surface area contributed by atoms with E-state index in [1.165, 1.54) is 0 Å². The minimum atomic E-state index is -0.0937. The number of hydrogen-bond acceptors (Lipinski definition) is 4. The standard InChI is InChI=1S/C10H16N2O2S/c1-15-12-4-2-10(3-5-12)6-8(13)11-9(14)7-10/h2-7H2,1H3,(H,11,13,14). The van der Waals surface area contributed by atoms with Crippen molar-refractivity contribution in [2.24, 2.45) is 5.41 Å². The number of nitrogens with zero attached hydrogens (tertiary/aromatic N) is 1. The summed E-state index contributed by atoms with van der Waals surface area (Å²) in [6.07, 6.45) is 5.05. The molecule has 0 aromatic heterocycles. The van der Waals surface area contributed by atoms with E-state index in [4.69, 9.17) is 0 Å². The first kappa shape index (κ1) is 11.0. The number of rotatable bonds is 1. The molecule has 0 aromatic rings. The van der Waals surface area contributed by atoms with E-state index in [0.717, 1.165) is 25.9 Å². The van der Waals surface area contributed by atoms with E-state index in [9.17, 15) is 9.59 Å². The molecule has 2 rings (SSSR count). The maximum atomic E-state index is 11.3. The van der Waals surface area contributed by atoms with Gasteiger partial charge in [-0.25, -0.2) is 0 Å². The van der Waals surface area contributed by atoms with Crippen molar-refractivity contribution in [1.29, 1.82) is 0 Å². The van der Waals surface area contributed by atoms with Crippen LogP contribution in [0.1, 0.15) is 25.7 Å². The van der Waals surface area contributed by atoms with Crippen LogP contribution in [0.5, 0.6) is 0 Å². The smallest absolute Gasteiger partial charge is 0.227 e. The summed E-state index contributed by atoms with van der Waals surface area (Å²) >= 11 is 1.74.